The number of piperazine rings is 1. The molecule has 0 aliphatic carbocycles. The summed E-state index contributed by atoms with van der Waals surface area (Å²) in [6, 6.07) is 13.3. The maximum absolute atomic E-state index is 13.3. The number of rotatable bonds is 8. The highest BCUT2D eigenvalue weighted by Crippen LogP contribution is 2.25. The van der Waals surface area contributed by atoms with E-state index in [0.29, 0.717) is 17.3 Å². The molecule has 0 bridgehead atoms. The predicted molar refractivity (Wildman–Crippen MR) is 139 cm³/mol. The summed E-state index contributed by atoms with van der Waals surface area (Å²) in [7, 11) is 2.15. The molecule has 1 fully saturated rings. The number of hydrogen-bond donors (Lipinski definition) is 1. The quantitative estimate of drug-likeness (QED) is 0.507. The number of unbranched alkanes of at least 4 members (excludes halogenated alkanes) is 3. The van der Waals surface area contributed by atoms with E-state index in [9.17, 15) is 9.59 Å². The maximum Gasteiger partial charge on any atom is 0.276 e. The van der Waals surface area contributed by atoms with E-state index in [1.807, 2.05) is 24.3 Å². The zero-order valence-electron chi connectivity index (χ0n) is 20.5. The lowest BCUT2D eigenvalue weighted by molar-refractivity contribution is 0.102. The van der Waals surface area contributed by atoms with Crippen molar-refractivity contribution in [2.24, 2.45) is 0 Å². The van der Waals surface area contributed by atoms with Crippen LogP contribution in [0.2, 0.25) is 0 Å². The molecule has 0 radical (unpaired) electrons. The number of aryl methyl sites for hydroxylation is 2. The first-order valence-corrected chi connectivity index (χ1v) is 12.3. The maximum atomic E-state index is 13.3. The molecule has 0 unspecified atom stereocenters. The van der Waals surface area contributed by atoms with Gasteiger partial charge in [-0.25, -0.2) is 4.68 Å². The molecule has 0 saturated carbocycles. The van der Waals surface area contributed by atoms with Crippen molar-refractivity contribution in [3.8, 4) is 0 Å². The molecule has 1 saturated heterocycles. The van der Waals surface area contributed by atoms with Gasteiger partial charge in [0.05, 0.1) is 5.39 Å². The molecule has 1 N–H and O–H groups in total. The Labute approximate surface area is 201 Å². The Bertz CT molecular complexity index is 1210. The van der Waals surface area contributed by atoms with Crippen LogP contribution in [-0.4, -0.2) is 53.8 Å². The summed E-state index contributed by atoms with van der Waals surface area (Å²) in [6.45, 7) is 8.84. The van der Waals surface area contributed by atoms with Gasteiger partial charge in [0.15, 0.2) is 5.69 Å². The van der Waals surface area contributed by atoms with Gasteiger partial charge in [0.2, 0.25) is 0 Å². The summed E-state index contributed by atoms with van der Waals surface area (Å²) in [5.41, 5.74) is 3.20. The molecule has 7 nitrogen and oxygen atoms in total. The van der Waals surface area contributed by atoms with Crippen LogP contribution in [0.25, 0.3) is 10.8 Å². The minimum Gasteiger partial charge on any atom is -0.369 e. The number of benzene rings is 2. The highest BCUT2D eigenvalue weighted by atomic mass is 16.2. The fourth-order valence-corrected chi connectivity index (χ4v) is 4.57. The van der Waals surface area contributed by atoms with E-state index in [0.717, 1.165) is 63.1 Å². The molecule has 1 amide bonds. The zero-order valence-corrected chi connectivity index (χ0v) is 20.5. The lowest BCUT2D eigenvalue weighted by atomic mass is 10.1. The molecule has 4 rings (SSSR count). The van der Waals surface area contributed by atoms with E-state index in [1.54, 1.807) is 12.1 Å². The van der Waals surface area contributed by atoms with Crippen molar-refractivity contribution in [1.82, 2.24) is 14.7 Å². The Morgan fingerprint density at radius 1 is 1.00 bits per heavy atom. The van der Waals surface area contributed by atoms with Gasteiger partial charge in [0, 0.05) is 49.5 Å². The third kappa shape index (κ3) is 5.30. The largest absolute Gasteiger partial charge is 0.369 e. The lowest BCUT2D eigenvalue weighted by Crippen LogP contribution is -2.44. The summed E-state index contributed by atoms with van der Waals surface area (Å²) in [5, 5.41) is 8.61. The monoisotopic (exact) mass is 461 g/mol. The molecule has 1 aliphatic rings. The van der Waals surface area contributed by atoms with Gasteiger partial charge in [0.25, 0.3) is 11.5 Å². The van der Waals surface area contributed by atoms with Crippen LogP contribution in [0.15, 0.2) is 47.3 Å². The van der Waals surface area contributed by atoms with Gasteiger partial charge in [-0.3, -0.25) is 9.59 Å². The normalized spacial score (nSPS) is 14.5. The number of carbonyl (C=O) groups is 1. The molecule has 0 atom stereocenters. The van der Waals surface area contributed by atoms with Gasteiger partial charge in [-0.2, -0.15) is 5.10 Å². The average molecular weight is 462 g/mol. The van der Waals surface area contributed by atoms with Crippen molar-refractivity contribution in [2.75, 3.05) is 43.4 Å². The number of likely N-dealkylation sites (N-methyl/N-ethyl adjacent to an activating group) is 1. The number of nitrogens with zero attached hydrogens (tertiary/aromatic N) is 4. The number of aromatic nitrogens is 2. The number of anilines is 2. The van der Waals surface area contributed by atoms with Crippen molar-refractivity contribution < 1.29 is 4.79 Å². The number of nitrogens with one attached hydrogen (secondary N) is 1. The molecular weight excluding hydrogens is 426 g/mol. The summed E-state index contributed by atoms with van der Waals surface area (Å²) in [6.07, 6.45) is 4.16. The third-order valence-electron chi connectivity index (χ3n) is 6.60. The van der Waals surface area contributed by atoms with Crippen LogP contribution in [0.3, 0.4) is 0 Å². The number of hydrogen-bond acceptors (Lipinski definition) is 5. The number of carbonyl (C=O) groups excluding carboxylic acids is 1. The minimum atomic E-state index is -0.301. The van der Waals surface area contributed by atoms with Gasteiger partial charge >= 0.3 is 0 Å². The molecule has 2 heterocycles. The highest BCUT2D eigenvalue weighted by Gasteiger charge is 2.19. The van der Waals surface area contributed by atoms with Gasteiger partial charge in [-0.15, -0.1) is 0 Å². The molecular formula is C27H35N5O2. The minimum absolute atomic E-state index is 0.143. The second-order valence-electron chi connectivity index (χ2n) is 9.23. The van der Waals surface area contributed by atoms with Crippen LogP contribution < -0.4 is 15.8 Å². The average Bonchev–Trinajstić information content (AvgIpc) is 2.84. The number of fused-ring (bicyclic) bond motifs is 1. The van der Waals surface area contributed by atoms with Crippen molar-refractivity contribution in [3.63, 3.8) is 0 Å². The Morgan fingerprint density at radius 2 is 1.74 bits per heavy atom. The standard InChI is InChI=1S/C27H35N5O2/c1-4-5-6-9-14-32-27(34)23-11-8-7-10-22(23)25(29-32)26(33)28-21-12-13-24(20(2)19-21)31-17-15-30(3)16-18-31/h7-8,10-13,19H,4-6,9,14-18H2,1-3H3,(H,28,33). The summed E-state index contributed by atoms with van der Waals surface area (Å²) >= 11 is 0. The van der Waals surface area contributed by atoms with Crippen molar-refractivity contribution >= 4 is 28.1 Å². The van der Waals surface area contributed by atoms with Crippen LogP contribution in [0.5, 0.6) is 0 Å². The van der Waals surface area contributed by atoms with E-state index in [2.05, 4.69) is 47.2 Å². The molecule has 180 valence electrons. The van der Waals surface area contributed by atoms with Crippen LogP contribution in [-0.2, 0) is 6.54 Å². The Balaban J connectivity index is 1.57. The SMILES string of the molecule is CCCCCCn1nc(C(=O)Nc2ccc(N3CCN(C)CC3)c(C)c2)c2ccccc2c1=O. The molecule has 7 heteroatoms. The van der Waals surface area contributed by atoms with Crippen LogP contribution in [0, 0.1) is 6.92 Å². The molecule has 2 aromatic carbocycles. The summed E-state index contributed by atoms with van der Waals surface area (Å²) in [5.74, 6) is -0.301. The summed E-state index contributed by atoms with van der Waals surface area (Å²) < 4.78 is 1.45. The van der Waals surface area contributed by atoms with Crippen LogP contribution in [0.1, 0.15) is 48.7 Å². The third-order valence-corrected chi connectivity index (χ3v) is 6.60. The van der Waals surface area contributed by atoms with Crippen molar-refractivity contribution in [2.45, 2.75) is 46.1 Å². The highest BCUT2D eigenvalue weighted by molar-refractivity contribution is 6.11. The lowest BCUT2D eigenvalue weighted by Gasteiger charge is -2.35. The van der Waals surface area contributed by atoms with Gasteiger partial charge in [-0.05, 0) is 50.2 Å². The first-order chi connectivity index (χ1) is 16.5. The molecule has 0 spiro atoms. The Morgan fingerprint density at radius 3 is 2.44 bits per heavy atom. The van der Waals surface area contributed by atoms with E-state index >= 15 is 0 Å². The first-order valence-electron chi connectivity index (χ1n) is 12.3. The van der Waals surface area contributed by atoms with Gasteiger partial charge < -0.3 is 15.1 Å². The Kier molecular flexibility index (Phi) is 7.63. The first kappa shape index (κ1) is 24.0. The Hall–Kier alpha value is -3.19. The van der Waals surface area contributed by atoms with Crippen molar-refractivity contribution in [3.05, 3.63) is 64.1 Å². The fourth-order valence-electron chi connectivity index (χ4n) is 4.57. The summed E-state index contributed by atoms with van der Waals surface area (Å²) in [4.78, 5) is 31.0. The second kappa shape index (κ2) is 10.8. The van der Waals surface area contributed by atoms with Gasteiger partial charge in [0.1, 0.15) is 0 Å². The van der Waals surface area contributed by atoms with E-state index < -0.39 is 0 Å². The van der Waals surface area contributed by atoms with Crippen molar-refractivity contribution in [1.29, 1.82) is 0 Å². The molecule has 1 aromatic heterocycles. The molecule has 34 heavy (non-hydrogen) atoms. The number of amides is 1. The van der Waals surface area contributed by atoms with E-state index in [1.165, 1.54) is 10.4 Å². The molecule has 3 aromatic rings. The predicted octanol–water partition coefficient (Wildman–Crippen LogP) is 4.29. The van der Waals surface area contributed by atoms with Crippen LogP contribution >= 0.6 is 0 Å². The van der Waals surface area contributed by atoms with Crippen LogP contribution in [0.4, 0.5) is 11.4 Å². The fraction of sp³-hybridized carbons (Fsp3) is 0.444. The molecule has 1 aliphatic heterocycles. The zero-order chi connectivity index (χ0) is 24.1. The van der Waals surface area contributed by atoms with Gasteiger partial charge in [-0.1, -0.05) is 44.4 Å². The topological polar surface area (TPSA) is 70.5 Å². The second-order valence-corrected chi connectivity index (χ2v) is 9.23. The van der Waals surface area contributed by atoms with E-state index in [4.69, 9.17) is 0 Å². The smallest absolute Gasteiger partial charge is 0.276 e. The van der Waals surface area contributed by atoms with E-state index in [-0.39, 0.29) is 17.2 Å².